The minimum Gasteiger partial charge on any atom is -0.506 e. The molecule has 0 spiro atoms. The number of nitrogens with zero attached hydrogens (tertiary/aromatic N) is 3. The molecule has 0 aliphatic heterocycles. The number of fused-ring (bicyclic) bond motifs is 1. The van der Waals surface area contributed by atoms with Gasteiger partial charge in [0.2, 0.25) is 0 Å². The molecular formula is C21H19N3O4. The Hall–Kier alpha value is -3.74. The quantitative estimate of drug-likeness (QED) is 0.319. The zero-order valence-corrected chi connectivity index (χ0v) is 15.5. The second-order valence-electron chi connectivity index (χ2n) is 5.99. The second kappa shape index (κ2) is 8.30. The van der Waals surface area contributed by atoms with Gasteiger partial charge in [-0.2, -0.15) is 0 Å². The van der Waals surface area contributed by atoms with Gasteiger partial charge in [0, 0.05) is 18.0 Å². The highest BCUT2D eigenvalue weighted by atomic mass is 16.5. The fourth-order valence-electron chi connectivity index (χ4n) is 2.56. The van der Waals surface area contributed by atoms with Gasteiger partial charge < -0.3 is 9.84 Å². The van der Waals surface area contributed by atoms with E-state index in [1.165, 1.54) is 10.6 Å². The zero-order chi connectivity index (χ0) is 20.1. The number of carbonyl (C=O) groups is 1. The first kappa shape index (κ1) is 19.0. The number of pyridine rings is 1. The van der Waals surface area contributed by atoms with Crippen LogP contribution in [0.1, 0.15) is 18.1 Å². The number of rotatable bonds is 5. The summed E-state index contributed by atoms with van der Waals surface area (Å²) in [5, 5.41) is 10.5. The first-order valence-corrected chi connectivity index (χ1v) is 8.69. The summed E-state index contributed by atoms with van der Waals surface area (Å²) in [6.45, 7) is 3.70. The van der Waals surface area contributed by atoms with Crippen LogP contribution < -0.4 is 5.56 Å². The maximum atomic E-state index is 12.6. The number of aromatic nitrogens is 2. The Kier molecular flexibility index (Phi) is 5.64. The van der Waals surface area contributed by atoms with Crippen molar-refractivity contribution in [3.63, 3.8) is 0 Å². The number of aliphatic hydroxyl groups is 1. The molecule has 0 saturated heterocycles. The number of aryl methyl sites for hydroxylation is 1. The molecule has 0 fully saturated rings. The van der Waals surface area contributed by atoms with Crippen LogP contribution in [0.4, 0.5) is 5.69 Å². The van der Waals surface area contributed by atoms with Crippen molar-refractivity contribution in [2.75, 3.05) is 6.61 Å². The highest BCUT2D eigenvalue weighted by molar-refractivity contribution is 6.15. The Balaban J connectivity index is 2.06. The van der Waals surface area contributed by atoms with E-state index in [0.29, 0.717) is 11.2 Å². The molecule has 0 aliphatic carbocycles. The maximum absolute atomic E-state index is 12.6. The SMILES string of the molecule is CCOC(=O)/C(C=Nc1cnc2cc(C)ccn2c1=O)=C(\O)c1ccccc1. The van der Waals surface area contributed by atoms with E-state index in [2.05, 4.69) is 9.98 Å². The average Bonchev–Trinajstić information content (AvgIpc) is 2.70. The average molecular weight is 377 g/mol. The molecule has 0 atom stereocenters. The smallest absolute Gasteiger partial charge is 0.343 e. The van der Waals surface area contributed by atoms with Gasteiger partial charge in [-0.05, 0) is 31.5 Å². The van der Waals surface area contributed by atoms with E-state index < -0.39 is 5.97 Å². The van der Waals surface area contributed by atoms with Crippen LogP contribution in [0.3, 0.4) is 0 Å². The highest BCUT2D eigenvalue weighted by Gasteiger charge is 2.16. The third-order valence-electron chi connectivity index (χ3n) is 3.98. The summed E-state index contributed by atoms with van der Waals surface area (Å²) in [6, 6.07) is 12.1. The van der Waals surface area contributed by atoms with E-state index in [1.54, 1.807) is 55.6 Å². The lowest BCUT2D eigenvalue weighted by Crippen LogP contribution is -2.15. The number of aliphatic imine (C=N–C) groups is 1. The minimum absolute atomic E-state index is 0.0315. The fourth-order valence-corrected chi connectivity index (χ4v) is 2.56. The molecule has 2 aromatic heterocycles. The van der Waals surface area contributed by atoms with Gasteiger partial charge in [0.05, 0.1) is 12.8 Å². The van der Waals surface area contributed by atoms with Crippen LogP contribution in [0.5, 0.6) is 0 Å². The number of hydrogen-bond donors (Lipinski definition) is 1. The molecule has 0 unspecified atom stereocenters. The normalized spacial score (nSPS) is 12.2. The molecule has 7 heteroatoms. The first-order chi connectivity index (χ1) is 13.5. The molecule has 0 bridgehead atoms. The van der Waals surface area contributed by atoms with Gasteiger partial charge in [-0.3, -0.25) is 9.20 Å². The molecule has 2 heterocycles. The molecule has 0 radical (unpaired) electrons. The molecule has 0 amide bonds. The Morgan fingerprint density at radius 2 is 2.04 bits per heavy atom. The molecule has 7 nitrogen and oxygen atoms in total. The van der Waals surface area contributed by atoms with E-state index in [4.69, 9.17) is 4.74 Å². The largest absolute Gasteiger partial charge is 0.506 e. The lowest BCUT2D eigenvalue weighted by Gasteiger charge is -2.07. The van der Waals surface area contributed by atoms with E-state index in [9.17, 15) is 14.7 Å². The van der Waals surface area contributed by atoms with Crippen LogP contribution in [0, 0.1) is 6.92 Å². The molecule has 1 aromatic carbocycles. The minimum atomic E-state index is -0.739. The lowest BCUT2D eigenvalue weighted by atomic mass is 10.1. The van der Waals surface area contributed by atoms with Crippen molar-refractivity contribution in [2.24, 2.45) is 4.99 Å². The van der Waals surface area contributed by atoms with Gasteiger partial charge >= 0.3 is 5.97 Å². The van der Waals surface area contributed by atoms with Gasteiger partial charge in [-0.25, -0.2) is 14.8 Å². The second-order valence-corrected chi connectivity index (χ2v) is 5.99. The molecule has 1 N–H and O–H groups in total. The summed E-state index contributed by atoms with van der Waals surface area (Å²) >= 11 is 0. The predicted molar refractivity (Wildman–Crippen MR) is 107 cm³/mol. The number of aliphatic hydroxyl groups excluding tert-OH is 1. The van der Waals surface area contributed by atoms with E-state index in [1.807, 2.05) is 6.92 Å². The summed E-state index contributed by atoms with van der Waals surface area (Å²) in [6.07, 6.45) is 4.07. The monoisotopic (exact) mass is 377 g/mol. The highest BCUT2D eigenvalue weighted by Crippen LogP contribution is 2.17. The van der Waals surface area contributed by atoms with Crippen LogP contribution in [0.25, 0.3) is 11.4 Å². The lowest BCUT2D eigenvalue weighted by molar-refractivity contribution is -0.137. The molecule has 3 aromatic rings. The van der Waals surface area contributed by atoms with E-state index >= 15 is 0 Å². The molecule has 0 saturated carbocycles. The molecular weight excluding hydrogens is 358 g/mol. The fraction of sp³-hybridized carbons (Fsp3) is 0.143. The summed E-state index contributed by atoms with van der Waals surface area (Å²) in [7, 11) is 0. The van der Waals surface area contributed by atoms with Gasteiger partial charge in [-0.1, -0.05) is 30.3 Å². The summed E-state index contributed by atoms with van der Waals surface area (Å²) < 4.78 is 6.37. The third kappa shape index (κ3) is 3.98. The predicted octanol–water partition coefficient (Wildman–Crippen LogP) is 3.24. The van der Waals surface area contributed by atoms with Crippen LogP contribution in [-0.2, 0) is 9.53 Å². The molecule has 28 heavy (non-hydrogen) atoms. The first-order valence-electron chi connectivity index (χ1n) is 8.69. The van der Waals surface area contributed by atoms with Crippen molar-refractivity contribution in [1.29, 1.82) is 0 Å². The van der Waals surface area contributed by atoms with Crippen LogP contribution in [-0.4, -0.2) is 33.3 Å². The summed E-state index contributed by atoms with van der Waals surface area (Å²) in [5.74, 6) is -1.02. The van der Waals surface area contributed by atoms with Gasteiger partial charge in [0.1, 0.15) is 22.7 Å². The topological polar surface area (TPSA) is 93.3 Å². The van der Waals surface area contributed by atoms with Gasteiger partial charge in [0.15, 0.2) is 0 Å². The van der Waals surface area contributed by atoms with Crippen LogP contribution in [0.2, 0.25) is 0 Å². The van der Waals surface area contributed by atoms with Crippen LogP contribution >= 0.6 is 0 Å². The Morgan fingerprint density at radius 1 is 1.29 bits per heavy atom. The van der Waals surface area contributed by atoms with Crippen LogP contribution in [0.15, 0.2) is 70.2 Å². The van der Waals surface area contributed by atoms with E-state index in [0.717, 1.165) is 11.8 Å². The van der Waals surface area contributed by atoms with Crippen molar-refractivity contribution >= 4 is 29.3 Å². The zero-order valence-electron chi connectivity index (χ0n) is 15.5. The van der Waals surface area contributed by atoms with Crippen molar-refractivity contribution in [3.8, 4) is 0 Å². The Labute approximate surface area is 161 Å². The molecule has 142 valence electrons. The van der Waals surface area contributed by atoms with E-state index in [-0.39, 0.29) is 29.2 Å². The number of benzene rings is 1. The Bertz CT molecular complexity index is 1130. The third-order valence-corrected chi connectivity index (χ3v) is 3.98. The van der Waals surface area contributed by atoms with Crippen molar-refractivity contribution < 1.29 is 14.6 Å². The number of hydrogen-bond acceptors (Lipinski definition) is 6. The summed E-state index contributed by atoms with van der Waals surface area (Å²) in [5.41, 5.74) is 1.40. The number of esters is 1. The van der Waals surface area contributed by atoms with Crippen molar-refractivity contribution in [2.45, 2.75) is 13.8 Å². The van der Waals surface area contributed by atoms with Crippen molar-refractivity contribution in [1.82, 2.24) is 9.38 Å². The Morgan fingerprint density at radius 3 is 2.75 bits per heavy atom. The summed E-state index contributed by atoms with van der Waals surface area (Å²) in [4.78, 5) is 33.2. The molecule has 0 aliphatic rings. The number of ether oxygens (including phenoxy) is 1. The van der Waals surface area contributed by atoms with Crippen molar-refractivity contribution in [3.05, 3.63) is 81.9 Å². The van der Waals surface area contributed by atoms with Gasteiger partial charge in [-0.15, -0.1) is 0 Å². The number of carbonyl (C=O) groups excluding carboxylic acids is 1. The maximum Gasteiger partial charge on any atom is 0.343 e. The van der Waals surface area contributed by atoms with Gasteiger partial charge in [0.25, 0.3) is 5.56 Å². The molecule has 3 rings (SSSR count). The standard InChI is InChI=1S/C21H19N3O4/c1-3-28-21(27)16(19(25)15-7-5-4-6-8-15)12-22-17-13-23-18-11-14(2)9-10-24(18)20(17)26/h4-13,25H,3H2,1-2H3/b19-16-,22-12?.